The van der Waals surface area contributed by atoms with Gasteiger partial charge < -0.3 is 10.2 Å². The molecule has 2 amide bonds. The predicted octanol–water partition coefficient (Wildman–Crippen LogP) is 3.32. The first kappa shape index (κ1) is 15.2. The molecule has 0 atom stereocenters. The van der Waals surface area contributed by atoms with Crippen LogP contribution >= 0.6 is 11.3 Å². The highest BCUT2D eigenvalue weighted by Crippen LogP contribution is 2.13. The second-order valence-electron chi connectivity index (χ2n) is 4.78. The summed E-state index contributed by atoms with van der Waals surface area (Å²) in [6.45, 7) is 3.91. The average molecular weight is 303 g/mol. The lowest BCUT2D eigenvalue weighted by Gasteiger charge is -2.16. The van der Waals surface area contributed by atoms with Gasteiger partial charge in [0.25, 0.3) is 0 Å². The number of Topliss-reactive ketones (excluding diaryl/α,β-unsaturated/α-hetero) is 1. The maximum Gasteiger partial charge on any atom is 0.321 e. The molecule has 2 rings (SSSR count). The molecule has 0 radical (unpaired) electrons. The van der Waals surface area contributed by atoms with E-state index in [9.17, 15) is 9.59 Å². The first-order valence-electron chi connectivity index (χ1n) is 6.50. The summed E-state index contributed by atoms with van der Waals surface area (Å²) in [5.74, 6) is 0.00361. The maximum atomic E-state index is 12.1. The Morgan fingerprint density at radius 2 is 1.95 bits per heavy atom. The molecule has 0 unspecified atom stereocenters. The van der Waals surface area contributed by atoms with Gasteiger partial charge in [-0.25, -0.2) is 9.78 Å². The Morgan fingerprint density at radius 1 is 1.29 bits per heavy atom. The third-order valence-corrected chi connectivity index (χ3v) is 3.78. The van der Waals surface area contributed by atoms with Crippen molar-refractivity contribution in [3.63, 3.8) is 0 Å². The normalized spacial score (nSPS) is 10.2. The Balaban J connectivity index is 1.95. The van der Waals surface area contributed by atoms with Crippen molar-refractivity contribution in [2.24, 2.45) is 0 Å². The zero-order valence-corrected chi connectivity index (χ0v) is 13.0. The molecule has 0 aliphatic rings. The van der Waals surface area contributed by atoms with Crippen LogP contribution in [0.3, 0.4) is 0 Å². The summed E-state index contributed by atoms with van der Waals surface area (Å²) in [6.07, 6.45) is 0. The number of benzene rings is 1. The predicted molar refractivity (Wildman–Crippen MR) is 83.8 cm³/mol. The number of aromatic nitrogens is 1. The number of thiazole rings is 1. The van der Waals surface area contributed by atoms with Crippen LogP contribution in [0.1, 0.15) is 28.0 Å². The van der Waals surface area contributed by atoms with Crippen LogP contribution in [0.25, 0.3) is 0 Å². The largest absolute Gasteiger partial charge is 0.322 e. The molecule has 2 aromatic rings. The zero-order valence-electron chi connectivity index (χ0n) is 12.2. The quantitative estimate of drug-likeness (QED) is 0.881. The molecule has 0 saturated carbocycles. The first-order valence-corrected chi connectivity index (χ1v) is 7.38. The van der Waals surface area contributed by atoms with Crippen molar-refractivity contribution in [3.8, 4) is 0 Å². The minimum Gasteiger partial charge on any atom is -0.322 e. The molecular formula is C15H17N3O2S. The Kier molecular flexibility index (Phi) is 4.70. The van der Waals surface area contributed by atoms with Gasteiger partial charge in [0.05, 0.1) is 17.2 Å². The number of hydrogen-bond donors (Lipinski definition) is 1. The number of urea groups is 1. The van der Waals surface area contributed by atoms with Crippen molar-refractivity contribution in [2.75, 3.05) is 12.4 Å². The van der Waals surface area contributed by atoms with Crippen LogP contribution in [-0.4, -0.2) is 28.7 Å². The monoisotopic (exact) mass is 303 g/mol. The lowest BCUT2D eigenvalue weighted by Crippen LogP contribution is -2.30. The number of carbonyl (C=O) groups is 2. The van der Waals surface area contributed by atoms with Crippen molar-refractivity contribution < 1.29 is 9.59 Å². The molecule has 0 fully saturated rings. The average Bonchev–Trinajstić information content (AvgIpc) is 2.84. The lowest BCUT2D eigenvalue weighted by molar-refractivity contribution is 0.101. The summed E-state index contributed by atoms with van der Waals surface area (Å²) >= 11 is 1.56. The molecule has 0 aliphatic carbocycles. The van der Waals surface area contributed by atoms with Gasteiger partial charge in [-0.2, -0.15) is 0 Å². The van der Waals surface area contributed by atoms with Gasteiger partial charge in [-0.1, -0.05) is 0 Å². The van der Waals surface area contributed by atoms with Gasteiger partial charge in [-0.05, 0) is 38.1 Å². The van der Waals surface area contributed by atoms with E-state index >= 15 is 0 Å². The number of ketones is 1. The highest BCUT2D eigenvalue weighted by Gasteiger charge is 2.11. The third-order valence-electron chi connectivity index (χ3n) is 2.96. The smallest absolute Gasteiger partial charge is 0.321 e. The minimum absolute atomic E-state index is 0.00361. The number of amides is 2. The van der Waals surface area contributed by atoms with E-state index in [1.807, 2.05) is 12.3 Å². The molecule has 1 aromatic carbocycles. The summed E-state index contributed by atoms with van der Waals surface area (Å²) in [7, 11) is 1.72. The highest BCUT2D eigenvalue weighted by molar-refractivity contribution is 7.09. The molecule has 1 heterocycles. The summed E-state index contributed by atoms with van der Waals surface area (Å²) < 4.78 is 0. The molecule has 1 aromatic heterocycles. The molecular weight excluding hydrogens is 286 g/mol. The van der Waals surface area contributed by atoms with Crippen LogP contribution in [0.2, 0.25) is 0 Å². The number of nitrogens with zero attached hydrogens (tertiary/aromatic N) is 2. The molecule has 1 N–H and O–H groups in total. The maximum absolute atomic E-state index is 12.1. The van der Waals surface area contributed by atoms with E-state index in [0.29, 0.717) is 17.8 Å². The van der Waals surface area contributed by atoms with E-state index in [2.05, 4.69) is 10.3 Å². The van der Waals surface area contributed by atoms with E-state index in [4.69, 9.17) is 0 Å². The molecule has 21 heavy (non-hydrogen) atoms. The van der Waals surface area contributed by atoms with Crippen LogP contribution in [0, 0.1) is 6.92 Å². The van der Waals surface area contributed by atoms with E-state index < -0.39 is 0 Å². The number of hydrogen-bond acceptors (Lipinski definition) is 4. The molecule has 0 spiro atoms. The van der Waals surface area contributed by atoms with E-state index in [1.54, 1.807) is 47.5 Å². The van der Waals surface area contributed by atoms with E-state index in [0.717, 1.165) is 10.7 Å². The van der Waals surface area contributed by atoms with Crippen LogP contribution in [0.15, 0.2) is 29.6 Å². The minimum atomic E-state index is -0.212. The van der Waals surface area contributed by atoms with Gasteiger partial charge in [0.1, 0.15) is 0 Å². The summed E-state index contributed by atoms with van der Waals surface area (Å²) in [5, 5.41) is 5.72. The van der Waals surface area contributed by atoms with Gasteiger partial charge in [-0.3, -0.25) is 4.79 Å². The standard InChI is InChI=1S/C15H17N3O2S/c1-10(19)12-4-6-13(7-5-12)17-15(20)18(3)8-14-9-21-11(2)16-14/h4-7,9H,8H2,1-3H3,(H,17,20). The fourth-order valence-electron chi connectivity index (χ4n) is 1.80. The van der Waals surface area contributed by atoms with Crippen LogP contribution in [0.4, 0.5) is 10.5 Å². The molecule has 110 valence electrons. The van der Waals surface area contributed by atoms with Gasteiger partial charge in [0.2, 0.25) is 0 Å². The van der Waals surface area contributed by atoms with Crippen molar-refractivity contribution in [3.05, 3.63) is 45.9 Å². The van der Waals surface area contributed by atoms with Crippen LogP contribution in [0.5, 0.6) is 0 Å². The summed E-state index contributed by atoms with van der Waals surface area (Å²) in [4.78, 5) is 29.1. The van der Waals surface area contributed by atoms with E-state index in [1.165, 1.54) is 6.92 Å². The zero-order chi connectivity index (χ0) is 15.4. The SMILES string of the molecule is CC(=O)c1ccc(NC(=O)N(C)Cc2csc(C)n2)cc1. The number of anilines is 1. The molecule has 5 nitrogen and oxygen atoms in total. The fraction of sp³-hybridized carbons (Fsp3) is 0.267. The second-order valence-corrected chi connectivity index (χ2v) is 5.84. The molecule has 0 bridgehead atoms. The van der Waals surface area contributed by atoms with Gasteiger partial charge in [0.15, 0.2) is 5.78 Å². The first-order chi connectivity index (χ1) is 9.95. The Hall–Kier alpha value is -2.21. The van der Waals surface area contributed by atoms with Crippen molar-refractivity contribution in [1.29, 1.82) is 0 Å². The van der Waals surface area contributed by atoms with Gasteiger partial charge in [0, 0.05) is 23.7 Å². The van der Waals surface area contributed by atoms with Crippen molar-refractivity contribution in [1.82, 2.24) is 9.88 Å². The Morgan fingerprint density at radius 3 is 2.48 bits per heavy atom. The summed E-state index contributed by atoms with van der Waals surface area (Å²) in [5.41, 5.74) is 2.16. The van der Waals surface area contributed by atoms with Crippen molar-refractivity contribution in [2.45, 2.75) is 20.4 Å². The van der Waals surface area contributed by atoms with Crippen LogP contribution < -0.4 is 5.32 Å². The fourth-order valence-corrected chi connectivity index (χ4v) is 2.41. The summed E-state index contributed by atoms with van der Waals surface area (Å²) in [6, 6.07) is 6.62. The highest BCUT2D eigenvalue weighted by atomic mass is 32.1. The second kappa shape index (κ2) is 6.49. The number of rotatable bonds is 4. The molecule has 0 aliphatic heterocycles. The Bertz CT molecular complexity index is 649. The lowest BCUT2D eigenvalue weighted by atomic mass is 10.1. The van der Waals surface area contributed by atoms with Crippen LogP contribution in [-0.2, 0) is 6.54 Å². The Labute approximate surface area is 127 Å². The number of carbonyl (C=O) groups excluding carboxylic acids is 2. The third kappa shape index (κ3) is 4.13. The van der Waals surface area contributed by atoms with Crippen molar-refractivity contribution >= 4 is 28.8 Å². The topological polar surface area (TPSA) is 62.3 Å². The van der Waals surface area contributed by atoms with Gasteiger partial charge >= 0.3 is 6.03 Å². The number of nitrogens with one attached hydrogen (secondary N) is 1. The van der Waals surface area contributed by atoms with E-state index in [-0.39, 0.29) is 11.8 Å². The number of aryl methyl sites for hydroxylation is 1. The molecule has 0 saturated heterocycles. The van der Waals surface area contributed by atoms with Gasteiger partial charge in [-0.15, -0.1) is 11.3 Å². The molecule has 6 heteroatoms.